The van der Waals surface area contributed by atoms with Gasteiger partial charge in [0.05, 0.1) is 0 Å². The number of pyridine rings is 1. The van der Waals surface area contributed by atoms with Crippen LogP contribution in [0.3, 0.4) is 0 Å². The van der Waals surface area contributed by atoms with E-state index in [4.69, 9.17) is 0 Å². The smallest absolute Gasteiger partial charge is 0.204 e. The fourth-order valence-corrected chi connectivity index (χ4v) is 2.12. The fourth-order valence-electron chi connectivity index (χ4n) is 2.12. The average Bonchev–Trinajstić information content (AvgIpc) is 2.46. The van der Waals surface area contributed by atoms with Crippen LogP contribution >= 0.6 is 0 Å². The first-order chi connectivity index (χ1) is 9.60. The van der Waals surface area contributed by atoms with Crippen molar-refractivity contribution in [1.29, 1.82) is 0 Å². The summed E-state index contributed by atoms with van der Waals surface area (Å²) in [5.41, 5.74) is 5.01. The summed E-state index contributed by atoms with van der Waals surface area (Å²) in [6, 6.07) is 12.9. The molecule has 0 fully saturated rings. The Morgan fingerprint density at radius 2 is 1.70 bits per heavy atom. The molecule has 2 aromatic rings. The number of aryl methyl sites for hydroxylation is 2. The van der Waals surface area contributed by atoms with Gasteiger partial charge in [-0.1, -0.05) is 19.1 Å². The van der Waals surface area contributed by atoms with Crippen LogP contribution in [0.15, 0.2) is 42.6 Å². The molecular formula is C18H23N2+. The van der Waals surface area contributed by atoms with Crippen LogP contribution in [-0.2, 0) is 13.5 Å². The Labute approximate surface area is 122 Å². The van der Waals surface area contributed by atoms with E-state index in [0.717, 1.165) is 6.42 Å². The van der Waals surface area contributed by atoms with Crippen LogP contribution in [0.25, 0.3) is 12.2 Å². The number of hydrogen-bond donors (Lipinski definition) is 0. The van der Waals surface area contributed by atoms with Crippen molar-refractivity contribution in [2.24, 2.45) is 7.05 Å². The summed E-state index contributed by atoms with van der Waals surface area (Å²) >= 11 is 0. The lowest BCUT2D eigenvalue weighted by molar-refractivity contribution is -0.673. The molecule has 0 N–H and O–H groups in total. The third kappa shape index (κ3) is 3.47. The van der Waals surface area contributed by atoms with Gasteiger partial charge >= 0.3 is 0 Å². The number of hydrogen-bond acceptors (Lipinski definition) is 1. The number of nitrogens with zero attached hydrogens (tertiary/aromatic N) is 2. The zero-order chi connectivity index (χ0) is 14.5. The molecule has 0 bridgehead atoms. The van der Waals surface area contributed by atoms with Gasteiger partial charge < -0.3 is 4.90 Å². The van der Waals surface area contributed by atoms with Gasteiger partial charge in [0.15, 0.2) is 6.20 Å². The van der Waals surface area contributed by atoms with Crippen molar-refractivity contribution in [3.05, 3.63) is 59.4 Å². The number of rotatable bonds is 4. The SMILES string of the molecule is CCc1ccc(C=Cc2ccc(N(C)C)cc2)[n+](C)c1. The van der Waals surface area contributed by atoms with E-state index in [-0.39, 0.29) is 0 Å². The molecule has 0 atom stereocenters. The van der Waals surface area contributed by atoms with E-state index < -0.39 is 0 Å². The number of aromatic nitrogens is 1. The summed E-state index contributed by atoms with van der Waals surface area (Å²) in [5.74, 6) is 0. The van der Waals surface area contributed by atoms with Gasteiger partial charge in [0.1, 0.15) is 7.05 Å². The van der Waals surface area contributed by atoms with Crippen molar-refractivity contribution in [1.82, 2.24) is 0 Å². The minimum absolute atomic E-state index is 1.07. The molecule has 20 heavy (non-hydrogen) atoms. The largest absolute Gasteiger partial charge is 0.378 e. The maximum atomic E-state index is 2.19. The first kappa shape index (κ1) is 14.3. The van der Waals surface area contributed by atoms with Crippen molar-refractivity contribution in [3.63, 3.8) is 0 Å². The Hall–Kier alpha value is -2.09. The van der Waals surface area contributed by atoms with Crippen LogP contribution in [0.5, 0.6) is 0 Å². The monoisotopic (exact) mass is 267 g/mol. The molecule has 0 aliphatic rings. The van der Waals surface area contributed by atoms with Crippen molar-refractivity contribution in [3.8, 4) is 0 Å². The van der Waals surface area contributed by atoms with Crippen LogP contribution in [0.1, 0.15) is 23.7 Å². The molecule has 1 heterocycles. The Bertz CT molecular complexity index is 595. The lowest BCUT2D eigenvalue weighted by Gasteiger charge is -2.11. The molecule has 0 amide bonds. The first-order valence-corrected chi connectivity index (χ1v) is 7.04. The van der Waals surface area contributed by atoms with E-state index in [2.05, 4.69) is 92.3 Å². The Kier molecular flexibility index (Phi) is 4.57. The second-order valence-electron chi connectivity index (χ2n) is 5.25. The average molecular weight is 267 g/mol. The minimum atomic E-state index is 1.07. The highest BCUT2D eigenvalue weighted by Crippen LogP contribution is 2.14. The van der Waals surface area contributed by atoms with E-state index >= 15 is 0 Å². The van der Waals surface area contributed by atoms with E-state index in [1.54, 1.807) is 0 Å². The number of benzene rings is 1. The molecule has 0 unspecified atom stereocenters. The molecular weight excluding hydrogens is 244 g/mol. The van der Waals surface area contributed by atoms with Gasteiger partial charge in [0.2, 0.25) is 5.69 Å². The van der Waals surface area contributed by atoms with Crippen LogP contribution in [0.2, 0.25) is 0 Å². The van der Waals surface area contributed by atoms with Gasteiger partial charge in [0, 0.05) is 37.5 Å². The zero-order valence-electron chi connectivity index (χ0n) is 12.8. The van der Waals surface area contributed by atoms with E-state index in [1.165, 1.54) is 22.5 Å². The fraction of sp³-hybridized carbons (Fsp3) is 0.278. The van der Waals surface area contributed by atoms with Crippen LogP contribution in [0.4, 0.5) is 5.69 Å². The summed E-state index contributed by atoms with van der Waals surface area (Å²) in [6.45, 7) is 2.18. The molecule has 1 aromatic heterocycles. The summed E-state index contributed by atoms with van der Waals surface area (Å²) in [6.07, 6.45) is 7.57. The van der Waals surface area contributed by atoms with Crippen molar-refractivity contribution in [2.75, 3.05) is 19.0 Å². The quantitative estimate of drug-likeness (QED) is 0.771. The Balaban J connectivity index is 2.16. The minimum Gasteiger partial charge on any atom is -0.378 e. The standard InChI is InChI=1S/C18H23N2/c1-5-15-6-12-18(20(4)14-15)13-9-16-7-10-17(11-8-16)19(2)3/h6-14H,5H2,1-4H3/q+1. The third-order valence-electron chi connectivity index (χ3n) is 3.50. The lowest BCUT2D eigenvalue weighted by atomic mass is 10.1. The third-order valence-corrected chi connectivity index (χ3v) is 3.50. The normalized spacial score (nSPS) is 11.0. The van der Waals surface area contributed by atoms with Crippen LogP contribution in [0, 0.1) is 0 Å². The van der Waals surface area contributed by atoms with Gasteiger partial charge in [-0.2, -0.15) is 0 Å². The molecule has 0 radical (unpaired) electrons. The molecule has 0 saturated heterocycles. The van der Waals surface area contributed by atoms with E-state index in [1.807, 2.05) is 0 Å². The molecule has 0 spiro atoms. The molecule has 0 aliphatic carbocycles. The Morgan fingerprint density at radius 1 is 1.00 bits per heavy atom. The molecule has 0 aliphatic heterocycles. The van der Waals surface area contributed by atoms with Crippen LogP contribution < -0.4 is 9.47 Å². The summed E-state index contributed by atoms with van der Waals surface area (Å²) in [5, 5.41) is 0. The molecule has 2 heteroatoms. The molecule has 1 aromatic carbocycles. The maximum Gasteiger partial charge on any atom is 0.204 e. The van der Waals surface area contributed by atoms with Crippen LogP contribution in [-0.4, -0.2) is 14.1 Å². The summed E-state index contributed by atoms with van der Waals surface area (Å²) in [4.78, 5) is 2.11. The van der Waals surface area contributed by atoms with Gasteiger partial charge in [0.25, 0.3) is 0 Å². The van der Waals surface area contributed by atoms with E-state index in [9.17, 15) is 0 Å². The van der Waals surface area contributed by atoms with Gasteiger partial charge in [-0.15, -0.1) is 0 Å². The highest BCUT2D eigenvalue weighted by Gasteiger charge is 2.03. The number of anilines is 1. The second kappa shape index (κ2) is 6.38. The zero-order valence-corrected chi connectivity index (χ0v) is 12.8. The van der Waals surface area contributed by atoms with Crippen molar-refractivity contribution >= 4 is 17.8 Å². The topological polar surface area (TPSA) is 7.12 Å². The molecule has 104 valence electrons. The van der Waals surface area contributed by atoms with Gasteiger partial charge in [-0.25, -0.2) is 4.57 Å². The highest BCUT2D eigenvalue weighted by atomic mass is 15.1. The van der Waals surface area contributed by atoms with Gasteiger partial charge in [-0.3, -0.25) is 0 Å². The first-order valence-electron chi connectivity index (χ1n) is 7.04. The maximum absolute atomic E-state index is 2.19. The van der Waals surface area contributed by atoms with E-state index in [0.29, 0.717) is 0 Å². The predicted octanol–water partition coefficient (Wildman–Crippen LogP) is 3.31. The second-order valence-corrected chi connectivity index (χ2v) is 5.25. The molecule has 0 saturated carbocycles. The summed E-state index contributed by atoms with van der Waals surface area (Å²) < 4.78 is 2.17. The van der Waals surface area contributed by atoms with Gasteiger partial charge in [-0.05, 0) is 36.3 Å². The Morgan fingerprint density at radius 3 is 2.25 bits per heavy atom. The molecule has 2 nitrogen and oxygen atoms in total. The summed E-state index contributed by atoms with van der Waals surface area (Å²) in [7, 11) is 6.20. The molecule has 2 rings (SSSR count). The van der Waals surface area contributed by atoms with Crippen molar-refractivity contribution < 1.29 is 4.57 Å². The lowest BCUT2D eigenvalue weighted by Crippen LogP contribution is -2.31. The highest BCUT2D eigenvalue weighted by molar-refractivity contribution is 5.68. The predicted molar refractivity (Wildman–Crippen MR) is 86.7 cm³/mol. The van der Waals surface area contributed by atoms with Crippen molar-refractivity contribution in [2.45, 2.75) is 13.3 Å².